The average molecular weight is 399 g/mol. The second-order valence-electron chi connectivity index (χ2n) is 6.14. The van der Waals surface area contributed by atoms with Crippen LogP contribution in [0.5, 0.6) is 0 Å². The van der Waals surface area contributed by atoms with Crippen LogP contribution < -0.4 is 16.6 Å². The molecule has 0 radical (unpaired) electrons. The van der Waals surface area contributed by atoms with Gasteiger partial charge in [-0.15, -0.1) is 0 Å². The lowest BCUT2D eigenvalue weighted by Gasteiger charge is -2.17. The zero-order valence-corrected chi connectivity index (χ0v) is 16.2. The van der Waals surface area contributed by atoms with E-state index in [1.165, 1.54) is 0 Å². The maximum atomic E-state index is 13.1. The van der Waals surface area contributed by atoms with E-state index in [0.717, 1.165) is 14.8 Å². The molecule has 0 bridgehead atoms. The summed E-state index contributed by atoms with van der Waals surface area (Å²) >= 11 is 5.92. The molecule has 2 aromatic carbocycles. The second kappa shape index (κ2) is 8.22. The Balaban J connectivity index is 2.28. The van der Waals surface area contributed by atoms with E-state index in [0.29, 0.717) is 17.3 Å². The van der Waals surface area contributed by atoms with E-state index < -0.39 is 23.2 Å². The summed E-state index contributed by atoms with van der Waals surface area (Å²) < 4.78 is 2.09. The lowest BCUT2D eigenvalue weighted by Crippen LogP contribution is -2.47. The summed E-state index contributed by atoms with van der Waals surface area (Å²) in [4.78, 5) is 38.5. The summed E-state index contributed by atoms with van der Waals surface area (Å²) in [7, 11) is 0. The van der Waals surface area contributed by atoms with E-state index in [1.54, 1.807) is 38.1 Å². The quantitative estimate of drug-likeness (QED) is 0.715. The number of rotatable bonds is 5. The standard InChI is InChI=1S/C20H19ClN4O3/c1-3-22-18(26)17-19(27)24(13(2)14-7-5-4-6-8-14)20(28)25(23-17)16-11-9-15(21)10-12-16/h4-13H,3H2,1-2H3,(H,22,26)/t13-/m1/s1. The van der Waals surface area contributed by atoms with Gasteiger partial charge in [0.25, 0.3) is 11.5 Å². The first kappa shape index (κ1) is 19.6. The SMILES string of the molecule is CCNC(=O)c1nn(-c2ccc(Cl)cc2)c(=O)n([C@H](C)c2ccccc2)c1=O. The smallest absolute Gasteiger partial charge is 0.351 e. The summed E-state index contributed by atoms with van der Waals surface area (Å²) in [5, 5.41) is 7.10. The van der Waals surface area contributed by atoms with E-state index in [4.69, 9.17) is 11.6 Å². The van der Waals surface area contributed by atoms with Gasteiger partial charge in [-0.3, -0.25) is 9.59 Å². The molecule has 0 saturated carbocycles. The number of halogens is 1. The highest BCUT2D eigenvalue weighted by Gasteiger charge is 2.23. The number of nitrogens with one attached hydrogen (secondary N) is 1. The summed E-state index contributed by atoms with van der Waals surface area (Å²) in [6, 6.07) is 14.9. The Morgan fingerprint density at radius 2 is 1.75 bits per heavy atom. The second-order valence-corrected chi connectivity index (χ2v) is 6.58. The highest BCUT2D eigenvalue weighted by molar-refractivity contribution is 6.30. The van der Waals surface area contributed by atoms with Gasteiger partial charge in [0.2, 0.25) is 5.69 Å². The third kappa shape index (κ3) is 3.75. The number of hydrogen-bond donors (Lipinski definition) is 1. The van der Waals surface area contributed by atoms with Crippen LogP contribution in [0.3, 0.4) is 0 Å². The minimum atomic E-state index is -0.738. The van der Waals surface area contributed by atoms with E-state index in [2.05, 4.69) is 10.4 Å². The van der Waals surface area contributed by atoms with Crippen LogP contribution in [-0.2, 0) is 0 Å². The van der Waals surface area contributed by atoms with Crippen LogP contribution >= 0.6 is 11.6 Å². The number of nitrogens with zero attached hydrogens (tertiary/aromatic N) is 3. The van der Waals surface area contributed by atoms with Crippen molar-refractivity contribution in [3.8, 4) is 5.69 Å². The number of carbonyl (C=O) groups is 1. The molecule has 1 heterocycles. The van der Waals surface area contributed by atoms with Crippen LogP contribution in [-0.4, -0.2) is 26.8 Å². The van der Waals surface area contributed by atoms with Gasteiger partial charge in [0, 0.05) is 11.6 Å². The molecule has 0 spiro atoms. The molecule has 0 saturated heterocycles. The van der Waals surface area contributed by atoms with Crippen LogP contribution in [0.25, 0.3) is 5.69 Å². The van der Waals surface area contributed by atoms with Gasteiger partial charge < -0.3 is 5.32 Å². The van der Waals surface area contributed by atoms with Gasteiger partial charge in [0.05, 0.1) is 11.7 Å². The Hall–Kier alpha value is -3.19. The molecule has 0 aliphatic heterocycles. The molecular formula is C20H19ClN4O3. The molecule has 0 unspecified atom stereocenters. The molecule has 0 fully saturated rings. The summed E-state index contributed by atoms with van der Waals surface area (Å²) in [5.74, 6) is -0.635. The number of carbonyl (C=O) groups excluding carboxylic acids is 1. The maximum Gasteiger partial charge on any atom is 0.352 e. The molecule has 0 aliphatic rings. The van der Waals surface area contributed by atoms with Crippen LogP contribution in [0.4, 0.5) is 0 Å². The van der Waals surface area contributed by atoms with Gasteiger partial charge in [-0.2, -0.15) is 9.78 Å². The maximum absolute atomic E-state index is 13.1. The predicted molar refractivity (Wildman–Crippen MR) is 107 cm³/mol. The predicted octanol–water partition coefficient (Wildman–Crippen LogP) is 2.41. The molecule has 1 aromatic heterocycles. The first-order valence-corrected chi connectivity index (χ1v) is 9.16. The molecule has 1 N–H and O–H groups in total. The zero-order chi connectivity index (χ0) is 20.3. The Morgan fingerprint density at radius 1 is 1.11 bits per heavy atom. The molecule has 1 atom stereocenters. The fraction of sp³-hybridized carbons (Fsp3) is 0.200. The lowest BCUT2D eigenvalue weighted by atomic mass is 10.1. The Bertz CT molecular complexity index is 1110. The molecule has 7 nitrogen and oxygen atoms in total. The molecule has 28 heavy (non-hydrogen) atoms. The van der Waals surface area contributed by atoms with Gasteiger partial charge in [0.15, 0.2) is 0 Å². The van der Waals surface area contributed by atoms with E-state index in [9.17, 15) is 14.4 Å². The van der Waals surface area contributed by atoms with Gasteiger partial charge in [-0.1, -0.05) is 41.9 Å². The largest absolute Gasteiger partial charge is 0.352 e. The molecule has 8 heteroatoms. The third-order valence-electron chi connectivity index (χ3n) is 4.30. The first-order chi connectivity index (χ1) is 13.4. The van der Waals surface area contributed by atoms with E-state index >= 15 is 0 Å². The molecule has 144 valence electrons. The van der Waals surface area contributed by atoms with E-state index in [-0.39, 0.29) is 5.69 Å². The van der Waals surface area contributed by atoms with Crippen molar-refractivity contribution in [3.63, 3.8) is 0 Å². The Kier molecular flexibility index (Phi) is 5.75. The van der Waals surface area contributed by atoms with Crippen molar-refractivity contribution in [1.82, 2.24) is 19.7 Å². The number of aromatic nitrogens is 3. The topological polar surface area (TPSA) is 86.0 Å². The number of amides is 1. The fourth-order valence-electron chi connectivity index (χ4n) is 2.85. The molecular weight excluding hydrogens is 380 g/mol. The summed E-state index contributed by atoms with van der Waals surface area (Å²) in [5.41, 5.74) is -0.570. The van der Waals surface area contributed by atoms with Gasteiger partial charge >= 0.3 is 5.69 Å². The molecule has 1 amide bonds. The zero-order valence-electron chi connectivity index (χ0n) is 15.4. The minimum Gasteiger partial charge on any atom is -0.351 e. The van der Waals surface area contributed by atoms with Crippen molar-refractivity contribution in [2.75, 3.05) is 6.54 Å². The fourth-order valence-corrected chi connectivity index (χ4v) is 2.97. The highest BCUT2D eigenvalue weighted by atomic mass is 35.5. The highest BCUT2D eigenvalue weighted by Crippen LogP contribution is 2.15. The van der Waals surface area contributed by atoms with Crippen LogP contribution in [0.2, 0.25) is 5.02 Å². The number of hydrogen-bond acceptors (Lipinski definition) is 4. The average Bonchev–Trinajstić information content (AvgIpc) is 2.70. The molecule has 3 rings (SSSR count). The van der Waals surface area contributed by atoms with Gasteiger partial charge in [0.1, 0.15) is 0 Å². The summed E-state index contributed by atoms with van der Waals surface area (Å²) in [6.07, 6.45) is 0. The Morgan fingerprint density at radius 3 is 2.36 bits per heavy atom. The lowest BCUT2D eigenvalue weighted by molar-refractivity contribution is 0.0946. The van der Waals surface area contributed by atoms with Crippen molar-refractivity contribution in [3.05, 3.63) is 91.7 Å². The normalized spacial score (nSPS) is 11.8. The third-order valence-corrected chi connectivity index (χ3v) is 4.55. The first-order valence-electron chi connectivity index (χ1n) is 8.79. The van der Waals surface area contributed by atoms with Crippen LogP contribution in [0.15, 0.2) is 64.2 Å². The van der Waals surface area contributed by atoms with Crippen molar-refractivity contribution in [1.29, 1.82) is 0 Å². The van der Waals surface area contributed by atoms with Gasteiger partial charge in [-0.25, -0.2) is 9.36 Å². The van der Waals surface area contributed by atoms with Crippen LogP contribution in [0.1, 0.15) is 35.9 Å². The number of benzene rings is 2. The minimum absolute atomic E-state index is 0.328. The van der Waals surface area contributed by atoms with Crippen molar-refractivity contribution >= 4 is 17.5 Å². The summed E-state index contributed by atoms with van der Waals surface area (Å²) in [6.45, 7) is 3.79. The monoisotopic (exact) mass is 398 g/mol. The Labute approximate surface area is 166 Å². The van der Waals surface area contributed by atoms with Gasteiger partial charge in [-0.05, 0) is 43.7 Å². The van der Waals surface area contributed by atoms with Crippen molar-refractivity contribution in [2.24, 2.45) is 0 Å². The van der Waals surface area contributed by atoms with E-state index in [1.807, 2.05) is 30.3 Å². The van der Waals surface area contributed by atoms with Crippen molar-refractivity contribution in [2.45, 2.75) is 19.9 Å². The van der Waals surface area contributed by atoms with Crippen LogP contribution in [0, 0.1) is 0 Å². The molecule has 0 aliphatic carbocycles. The van der Waals surface area contributed by atoms with Crippen molar-refractivity contribution < 1.29 is 4.79 Å². The molecule has 3 aromatic rings.